The lowest BCUT2D eigenvalue weighted by atomic mass is 10.0. The summed E-state index contributed by atoms with van der Waals surface area (Å²) < 4.78 is 6.01. The Labute approximate surface area is 136 Å². The van der Waals surface area contributed by atoms with E-state index >= 15 is 0 Å². The van der Waals surface area contributed by atoms with E-state index in [1.807, 2.05) is 42.5 Å². The van der Waals surface area contributed by atoms with E-state index in [2.05, 4.69) is 24.3 Å². The van der Waals surface area contributed by atoms with Crippen molar-refractivity contribution in [2.75, 3.05) is 6.61 Å². The Balaban J connectivity index is 1.76. The molecule has 3 aromatic rings. The Hall–Kier alpha value is -2.61. The van der Waals surface area contributed by atoms with Gasteiger partial charge in [-0.2, -0.15) is 0 Å². The molecule has 0 aliphatic heterocycles. The van der Waals surface area contributed by atoms with Crippen LogP contribution in [0.15, 0.2) is 66.7 Å². The van der Waals surface area contributed by atoms with Crippen LogP contribution >= 0.6 is 0 Å². The first-order chi connectivity index (χ1) is 11.3. The van der Waals surface area contributed by atoms with Crippen molar-refractivity contribution in [1.82, 2.24) is 0 Å². The topological polar surface area (TPSA) is 26.3 Å². The molecule has 0 saturated carbocycles. The van der Waals surface area contributed by atoms with Gasteiger partial charge in [0.05, 0.1) is 12.2 Å². The Morgan fingerprint density at radius 2 is 1.65 bits per heavy atom. The summed E-state index contributed by atoms with van der Waals surface area (Å²) in [5.74, 6) is 0.748. The highest BCUT2D eigenvalue weighted by Gasteiger charge is 2.12. The van der Waals surface area contributed by atoms with E-state index in [4.69, 9.17) is 4.74 Å². The Morgan fingerprint density at radius 1 is 0.913 bits per heavy atom. The van der Waals surface area contributed by atoms with E-state index in [1.54, 1.807) is 6.92 Å². The summed E-state index contributed by atoms with van der Waals surface area (Å²) in [6.45, 7) is 2.18. The van der Waals surface area contributed by atoms with Gasteiger partial charge in [-0.15, -0.1) is 0 Å². The molecule has 0 spiro atoms. The fourth-order valence-electron chi connectivity index (χ4n) is 2.77. The number of rotatable bonds is 6. The first-order valence-electron chi connectivity index (χ1n) is 7.95. The quantitative estimate of drug-likeness (QED) is 0.470. The molecular weight excluding hydrogens is 284 g/mol. The SMILES string of the molecule is CC(=O)c1ccc2ccccc2c1OCCCc1ccccc1. The molecule has 0 aromatic heterocycles. The van der Waals surface area contributed by atoms with Crippen LogP contribution in [0.5, 0.6) is 5.75 Å². The fraction of sp³-hybridized carbons (Fsp3) is 0.190. The van der Waals surface area contributed by atoms with Gasteiger partial charge in [0.25, 0.3) is 0 Å². The van der Waals surface area contributed by atoms with Gasteiger partial charge in [-0.25, -0.2) is 0 Å². The van der Waals surface area contributed by atoms with Crippen LogP contribution < -0.4 is 4.74 Å². The van der Waals surface area contributed by atoms with Gasteiger partial charge in [0.2, 0.25) is 0 Å². The molecule has 0 N–H and O–H groups in total. The first-order valence-corrected chi connectivity index (χ1v) is 7.95. The van der Waals surface area contributed by atoms with Crippen LogP contribution in [0.1, 0.15) is 29.3 Å². The third kappa shape index (κ3) is 3.59. The number of hydrogen-bond acceptors (Lipinski definition) is 2. The van der Waals surface area contributed by atoms with Crippen molar-refractivity contribution in [3.05, 3.63) is 77.9 Å². The zero-order chi connectivity index (χ0) is 16.1. The summed E-state index contributed by atoms with van der Waals surface area (Å²) in [5, 5.41) is 2.09. The third-order valence-electron chi connectivity index (χ3n) is 3.96. The molecule has 0 bridgehead atoms. The number of fused-ring (bicyclic) bond motifs is 1. The predicted molar refractivity (Wildman–Crippen MR) is 94.2 cm³/mol. The van der Waals surface area contributed by atoms with Gasteiger partial charge in [0, 0.05) is 5.39 Å². The lowest BCUT2D eigenvalue weighted by Crippen LogP contribution is -2.04. The molecule has 2 nitrogen and oxygen atoms in total. The van der Waals surface area contributed by atoms with Crippen LogP contribution in [0.4, 0.5) is 0 Å². The van der Waals surface area contributed by atoms with Crippen molar-refractivity contribution in [3.63, 3.8) is 0 Å². The number of benzene rings is 3. The van der Waals surface area contributed by atoms with Gasteiger partial charge < -0.3 is 4.74 Å². The smallest absolute Gasteiger partial charge is 0.163 e. The molecule has 0 amide bonds. The highest BCUT2D eigenvalue weighted by Crippen LogP contribution is 2.30. The molecule has 23 heavy (non-hydrogen) atoms. The van der Waals surface area contributed by atoms with Gasteiger partial charge in [-0.05, 0) is 36.8 Å². The van der Waals surface area contributed by atoms with Crippen LogP contribution in [-0.2, 0) is 6.42 Å². The zero-order valence-corrected chi connectivity index (χ0v) is 13.3. The van der Waals surface area contributed by atoms with Crippen molar-refractivity contribution in [3.8, 4) is 5.75 Å². The van der Waals surface area contributed by atoms with E-state index < -0.39 is 0 Å². The van der Waals surface area contributed by atoms with Crippen molar-refractivity contribution < 1.29 is 9.53 Å². The van der Waals surface area contributed by atoms with Crippen molar-refractivity contribution in [2.45, 2.75) is 19.8 Å². The number of ether oxygens (including phenoxy) is 1. The Bertz CT molecular complexity index is 806. The maximum atomic E-state index is 11.9. The first kappa shape index (κ1) is 15.3. The molecule has 2 heteroatoms. The molecule has 0 radical (unpaired) electrons. The van der Waals surface area contributed by atoms with E-state index in [9.17, 15) is 4.79 Å². The summed E-state index contributed by atoms with van der Waals surface area (Å²) in [6, 6.07) is 22.2. The van der Waals surface area contributed by atoms with Crippen LogP contribution in [0.25, 0.3) is 10.8 Å². The van der Waals surface area contributed by atoms with Gasteiger partial charge in [0.15, 0.2) is 5.78 Å². The lowest BCUT2D eigenvalue weighted by Gasteiger charge is -2.13. The maximum absolute atomic E-state index is 11.9. The summed E-state index contributed by atoms with van der Waals surface area (Å²) in [6.07, 6.45) is 1.89. The minimum absolute atomic E-state index is 0.0359. The van der Waals surface area contributed by atoms with Gasteiger partial charge in [-0.3, -0.25) is 4.79 Å². The van der Waals surface area contributed by atoms with Gasteiger partial charge in [-0.1, -0.05) is 60.7 Å². The van der Waals surface area contributed by atoms with E-state index in [0.717, 1.165) is 23.6 Å². The van der Waals surface area contributed by atoms with Crippen LogP contribution in [0.3, 0.4) is 0 Å². The highest BCUT2D eigenvalue weighted by atomic mass is 16.5. The molecule has 0 heterocycles. The van der Waals surface area contributed by atoms with E-state index in [-0.39, 0.29) is 5.78 Å². The zero-order valence-electron chi connectivity index (χ0n) is 13.3. The van der Waals surface area contributed by atoms with Crippen LogP contribution in [0.2, 0.25) is 0 Å². The number of aryl methyl sites for hydroxylation is 1. The largest absolute Gasteiger partial charge is 0.492 e. The molecule has 0 fully saturated rings. The normalized spacial score (nSPS) is 10.7. The van der Waals surface area contributed by atoms with Crippen LogP contribution in [0, 0.1) is 0 Å². The number of hydrogen-bond donors (Lipinski definition) is 0. The standard InChI is InChI=1S/C21H20O2/c1-16(22)19-14-13-18-11-5-6-12-20(18)21(19)23-15-7-10-17-8-3-2-4-9-17/h2-6,8-9,11-14H,7,10,15H2,1H3. The average molecular weight is 304 g/mol. The predicted octanol–water partition coefficient (Wildman–Crippen LogP) is 5.05. The summed E-state index contributed by atoms with van der Waals surface area (Å²) in [7, 11) is 0. The second-order valence-corrected chi connectivity index (χ2v) is 5.66. The highest BCUT2D eigenvalue weighted by molar-refractivity contribution is 6.03. The molecule has 3 rings (SSSR count). The molecular formula is C21H20O2. The molecule has 0 aliphatic rings. The molecule has 0 saturated heterocycles. The summed E-state index contributed by atoms with van der Waals surface area (Å²) in [4.78, 5) is 11.9. The van der Waals surface area contributed by atoms with Gasteiger partial charge >= 0.3 is 0 Å². The van der Waals surface area contributed by atoms with Crippen LogP contribution in [-0.4, -0.2) is 12.4 Å². The monoisotopic (exact) mass is 304 g/mol. The van der Waals surface area contributed by atoms with Crippen molar-refractivity contribution in [2.24, 2.45) is 0 Å². The van der Waals surface area contributed by atoms with E-state index in [0.29, 0.717) is 17.9 Å². The number of carbonyl (C=O) groups is 1. The number of carbonyl (C=O) groups excluding carboxylic acids is 1. The lowest BCUT2D eigenvalue weighted by molar-refractivity contribution is 0.101. The van der Waals surface area contributed by atoms with Crippen molar-refractivity contribution in [1.29, 1.82) is 0 Å². The molecule has 0 aliphatic carbocycles. The molecule has 116 valence electrons. The second-order valence-electron chi connectivity index (χ2n) is 5.66. The Morgan fingerprint density at radius 3 is 2.43 bits per heavy atom. The minimum atomic E-state index is 0.0359. The molecule has 0 atom stereocenters. The Kier molecular flexibility index (Phi) is 4.72. The second kappa shape index (κ2) is 7.10. The fourth-order valence-corrected chi connectivity index (χ4v) is 2.77. The third-order valence-corrected chi connectivity index (χ3v) is 3.96. The minimum Gasteiger partial charge on any atom is -0.492 e. The van der Waals surface area contributed by atoms with Crippen molar-refractivity contribution >= 4 is 16.6 Å². The summed E-state index contributed by atoms with van der Waals surface area (Å²) >= 11 is 0. The average Bonchev–Trinajstić information content (AvgIpc) is 2.59. The number of ketones is 1. The number of Topliss-reactive ketones (excluding diaryl/α,β-unsaturated/α-hetero) is 1. The van der Waals surface area contributed by atoms with Gasteiger partial charge in [0.1, 0.15) is 5.75 Å². The van der Waals surface area contributed by atoms with E-state index in [1.165, 1.54) is 5.56 Å². The maximum Gasteiger partial charge on any atom is 0.163 e. The molecule has 3 aromatic carbocycles. The molecule has 0 unspecified atom stereocenters. The summed E-state index contributed by atoms with van der Waals surface area (Å²) in [5.41, 5.74) is 1.96.